The van der Waals surface area contributed by atoms with Gasteiger partial charge in [0.15, 0.2) is 0 Å². The minimum absolute atomic E-state index is 0.471. The third-order valence-corrected chi connectivity index (χ3v) is 5.15. The average molecular weight is 355 g/mol. The Morgan fingerprint density at radius 1 is 0.769 bits per heavy atom. The lowest BCUT2D eigenvalue weighted by Gasteiger charge is -2.02. The Balaban J connectivity index is 1.58. The molecular weight excluding hydrogens is 342 g/mol. The van der Waals surface area contributed by atoms with Gasteiger partial charge >= 0.3 is 0 Å². The van der Waals surface area contributed by atoms with Gasteiger partial charge in [-0.15, -0.1) is 21.5 Å². The molecule has 0 spiro atoms. The minimum atomic E-state index is 0.471. The minimum Gasteiger partial charge on any atom is -0.416 e. The molecule has 5 rings (SSSR count). The quantitative estimate of drug-likeness (QED) is 0.418. The molecule has 0 radical (unpaired) electrons. The van der Waals surface area contributed by atoms with E-state index in [1.807, 2.05) is 48.0 Å². The van der Waals surface area contributed by atoms with Gasteiger partial charge in [0.25, 0.3) is 0 Å². The van der Waals surface area contributed by atoms with Gasteiger partial charge in [-0.1, -0.05) is 42.5 Å². The number of hydrogen-bond donors (Lipinski definition) is 0. The maximum Gasteiger partial charge on any atom is 0.249 e. The standard InChI is InChI=1S/C21H13N3OS/c1-2-7-17-14(5-1)6-3-8-18(17)21-24-23-20(25-21)16-11-15(12-22-13-16)19-9-4-10-26-19/h1-13H. The highest BCUT2D eigenvalue weighted by atomic mass is 32.1. The van der Waals surface area contributed by atoms with E-state index in [2.05, 4.69) is 39.4 Å². The molecule has 3 aromatic heterocycles. The Hall–Kier alpha value is -3.31. The van der Waals surface area contributed by atoms with Crippen molar-refractivity contribution < 1.29 is 4.42 Å². The molecule has 3 heterocycles. The number of thiophene rings is 1. The Morgan fingerprint density at radius 2 is 1.62 bits per heavy atom. The summed E-state index contributed by atoms with van der Waals surface area (Å²) in [7, 11) is 0. The van der Waals surface area contributed by atoms with Crippen LogP contribution in [0.3, 0.4) is 0 Å². The van der Waals surface area contributed by atoms with Crippen LogP contribution in [0.1, 0.15) is 0 Å². The molecule has 0 atom stereocenters. The fourth-order valence-electron chi connectivity index (χ4n) is 3.00. The first-order valence-corrected chi connectivity index (χ1v) is 9.07. The molecule has 0 saturated carbocycles. The van der Waals surface area contributed by atoms with Crippen molar-refractivity contribution in [3.05, 3.63) is 78.4 Å². The van der Waals surface area contributed by atoms with Gasteiger partial charge in [0, 0.05) is 28.4 Å². The summed E-state index contributed by atoms with van der Waals surface area (Å²) in [5.74, 6) is 0.983. The van der Waals surface area contributed by atoms with Crippen LogP contribution >= 0.6 is 11.3 Å². The lowest BCUT2D eigenvalue weighted by molar-refractivity contribution is 0.585. The Morgan fingerprint density at radius 3 is 2.54 bits per heavy atom. The van der Waals surface area contributed by atoms with E-state index < -0.39 is 0 Å². The fraction of sp³-hybridized carbons (Fsp3) is 0. The molecule has 0 aliphatic rings. The summed E-state index contributed by atoms with van der Waals surface area (Å²) in [6, 6.07) is 20.4. The molecule has 0 amide bonds. The van der Waals surface area contributed by atoms with Crippen molar-refractivity contribution in [2.45, 2.75) is 0 Å². The van der Waals surface area contributed by atoms with Crippen molar-refractivity contribution in [1.29, 1.82) is 0 Å². The van der Waals surface area contributed by atoms with Crippen LogP contribution in [0, 0.1) is 0 Å². The van der Waals surface area contributed by atoms with Crippen molar-refractivity contribution in [3.63, 3.8) is 0 Å². The average Bonchev–Trinajstić information content (AvgIpc) is 3.40. The van der Waals surface area contributed by atoms with E-state index in [0.29, 0.717) is 11.8 Å². The largest absolute Gasteiger partial charge is 0.416 e. The molecule has 0 fully saturated rings. The van der Waals surface area contributed by atoms with Gasteiger partial charge in [0.1, 0.15) is 0 Å². The second kappa shape index (κ2) is 6.20. The molecule has 0 aliphatic carbocycles. The number of hydrogen-bond acceptors (Lipinski definition) is 5. The highest BCUT2D eigenvalue weighted by molar-refractivity contribution is 7.13. The number of benzene rings is 2. The van der Waals surface area contributed by atoms with Crippen LogP contribution in [0.25, 0.3) is 44.1 Å². The summed E-state index contributed by atoms with van der Waals surface area (Å²) >= 11 is 1.68. The fourth-order valence-corrected chi connectivity index (χ4v) is 3.70. The third kappa shape index (κ3) is 2.59. The molecule has 2 aromatic carbocycles. The lowest BCUT2D eigenvalue weighted by Crippen LogP contribution is -1.82. The van der Waals surface area contributed by atoms with E-state index in [-0.39, 0.29) is 0 Å². The summed E-state index contributed by atoms with van der Waals surface area (Å²) in [5.41, 5.74) is 2.79. The van der Waals surface area contributed by atoms with E-state index in [1.165, 1.54) is 0 Å². The predicted molar refractivity (Wildman–Crippen MR) is 104 cm³/mol. The van der Waals surface area contributed by atoms with Gasteiger partial charge in [-0.2, -0.15) is 0 Å². The maximum atomic E-state index is 5.98. The molecule has 4 nitrogen and oxygen atoms in total. The van der Waals surface area contributed by atoms with Gasteiger partial charge in [-0.05, 0) is 34.4 Å². The van der Waals surface area contributed by atoms with Crippen molar-refractivity contribution in [2.24, 2.45) is 0 Å². The highest BCUT2D eigenvalue weighted by Crippen LogP contribution is 2.31. The molecular formula is C21H13N3OS. The molecule has 0 saturated heterocycles. The molecule has 5 aromatic rings. The highest BCUT2D eigenvalue weighted by Gasteiger charge is 2.14. The van der Waals surface area contributed by atoms with Crippen molar-refractivity contribution in [3.8, 4) is 33.3 Å². The van der Waals surface area contributed by atoms with Crippen LogP contribution in [-0.4, -0.2) is 15.2 Å². The van der Waals surface area contributed by atoms with Crippen LogP contribution in [0.4, 0.5) is 0 Å². The van der Waals surface area contributed by atoms with Gasteiger partial charge in [0.2, 0.25) is 11.8 Å². The summed E-state index contributed by atoms with van der Waals surface area (Å²) in [6.07, 6.45) is 3.59. The molecule has 0 aliphatic heterocycles. The predicted octanol–water partition coefficient (Wildman–Crippen LogP) is 5.68. The second-order valence-electron chi connectivity index (χ2n) is 5.88. The van der Waals surface area contributed by atoms with Crippen LogP contribution in [0.15, 0.2) is 82.9 Å². The van der Waals surface area contributed by atoms with Gasteiger partial charge < -0.3 is 4.42 Å². The van der Waals surface area contributed by atoms with Gasteiger partial charge in [-0.3, -0.25) is 4.98 Å². The van der Waals surface area contributed by atoms with E-state index in [9.17, 15) is 0 Å². The maximum absolute atomic E-state index is 5.98. The summed E-state index contributed by atoms with van der Waals surface area (Å²) in [6.45, 7) is 0. The van der Waals surface area contributed by atoms with Crippen LogP contribution in [0.5, 0.6) is 0 Å². The van der Waals surface area contributed by atoms with E-state index >= 15 is 0 Å². The number of nitrogens with zero attached hydrogens (tertiary/aromatic N) is 3. The molecule has 26 heavy (non-hydrogen) atoms. The number of aromatic nitrogens is 3. The molecule has 0 unspecified atom stereocenters. The number of pyridine rings is 1. The Labute approximate surface area is 153 Å². The van der Waals surface area contributed by atoms with Crippen LogP contribution in [0.2, 0.25) is 0 Å². The van der Waals surface area contributed by atoms with E-state index in [1.54, 1.807) is 17.5 Å². The molecule has 5 heteroatoms. The van der Waals surface area contributed by atoms with Crippen LogP contribution < -0.4 is 0 Å². The summed E-state index contributed by atoms with van der Waals surface area (Å²) in [5, 5.41) is 12.8. The summed E-state index contributed by atoms with van der Waals surface area (Å²) < 4.78 is 5.98. The SMILES string of the molecule is c1csc(-c2cncc(-c3nnc(-c4cccc5ccccc45)o3)c2)c1. The number of rotatable bonds is 3. The second-order valence-corrected chi connectivity index (χ2v) is 6.83. The van der Waals surface area contributed by atoms with E-state index in [4.69, 9.17) is 4.42 Å². The smallest absolute Gasteiger partial charge is 0.249 e. The van der Waals surface area contributed by atoms with Crippen molar-refractivity contribution in [1.82, 2.24) is 15.2 Å². The van der Waals surface area contributed by atoms with Gasteiger partial charge in [0.05, 0.1) is 5.56 Å². The monoisotopic (exact) mass is 355 g/mol. The van der Waals surface area contributed by atoms with Crippen molar-refractivity contribution in [2.75, 3.05) is 0 Å². The zero-order valence-electron chi connectivity index (χ0n) is 13.7. The van der Waals surface area contributed by atoms with Crippen LogP contribution in [-0.2, 0) is 0 Å². The zero-order valence-corrected chi connectivity index (χ0v) is 14.5. The summed E-state index contributed by atoms with van der Waals surface area (Å²) in [4.78, 5) is 5.49. The molecule has 0 bridgehead atoms. The normalized spacial score (nSPS) is 11.1. The molecule has 124 valence electrons. The van der Waals surface area contributed by atoms with Crippen molar-refractivity contribution >= 4 is 22.1 Å². The van der Waals surface area contributed by atoms with Gasteiger partial charge in [-0.25, -0.2) is 0 Å². The molecule has 0 N–H and O–H groups in total. The first kappa shape index (κ1) is 15.0. The first-order chi connectivity index (χ1) is 12.9. The first-order valence-electron chi connectivity index (χ1n) is 8.19. The Kier molecular flexibility index (Phi) is 3.57. The van der Waals surface area contributed by atoms with E-state index in [0.717, 1.165) is 32.3 Å². The topological polar surface area (TPSA) is 51.8 Å². The third-order valence-electron chi connectivity index (χ3n) is 4.24. The zero-order chi connectivity index (χ0) is 17.3. The number of fused-ring (bicyclic) bond motifs is 1. The lowest BCUT2D eigenvalue weighted by atomic mass is 10.0. The Bertz CT molecular complexity index is 1190.